The smallest absolute Gasteiger partial charge is 0.331 e. The standard InChI is InChI=1S/C22H33N3O3/c1-4-28-12-15-11-22-14(2)6-7-16(10-17(22)18(15)19(26)27)21(22)8-5-9-25(13-21)20(23)24-3/h5,9,14-16H,4,6-8,10-13H2,1-3H3,(H2,23,24)(H,26,27)/t14-,15-,16-,21-,22+/m1/s1. The molecule has 2 saturated carbocycles. The Balaban J connectivity index is 1.83. The summed E-state index contributed by atoms with van der Waals surface area (Å²) < 4.78 is 5.72. The van der Waals surface area contributed by atoms with Crippen molar-refractivity contribution in [2.45, 2.75) is 46.0 Å². The quantitative estimate of drug-likeness (QED) is 0.572. The van der Waals surface area contributed by atoms with E-state index in [9.17, 15) is 9.90 Å². The number of nitrogens with zero attached hydrogens (tertiary/aromatic N) is 2. The summed E-state index contributed by atoms with van der Waals surface area (Å²) >= 11 is 0. The first kappa shape index (κ1) is 19.5. The Morgan fingerprint density at radius 1 is 1.46 bits per heavy atom. The lowest BCUT2D eigenvalue weighted by molar-refractivity contribution is -0.133. The van der Waals surface area contributed by atoms with Gasteiger partial charge in [-0.1, -0.05) is 18.6 Å². The van der Waals surface area contributed by atoms with Gasteiger partial charge in [0.25, 0.3) is 0 Å². The van der Waals surface area contributed by atoms with Gasteiger partial charge >= 0.3 is 5.97 Å². The average Bonchev–Trinajstić information content (AvgIpc) is 3.08. The molecule has 0 amide bonds. The summed E-state index contributed by atoms with van der Waals surface area (Å²) in [6.07, 6.45) is 9.43. The molecule has 2 fully saturated rings. The van der Waals surface area contributed by atoms with E-state index in [1.807, 2.05) is 6.92 Å². The van der Waals surface area contributed by atoms with Crippen molar-refractivity contribution in [2.75, 3.05) is 26.8 Å². The highest BCUT2D eigenvalue weighted by molar-refractivity contribution is 5.90. The molecule has 3 N–H and O–H groups in total. The van der Waals surface area contributed by atoms with Crippen LogP contribution in [0.4, 0.5) is 0 Å². The van der Waals surface area contributed by atoms with Crippen molar-refractivity contribution in [1.29, 1.82) is 0 Å². The molecule has 2 spiro atoms. The molecule has 154 valence electrons. The lowest BCUT2D eigenvalue weighted by Gasteiger charge is -2.57. The molecule has 4 rings (SSSR count). The Morgan fingerprint density at radius 3 is 2.93 bits per heavy atom. The summed E-state index contributed by atoms with van der Waals surface area (Å²) in [7, 11) is 1.72. The monoisotopic (exact) mass is 387 g/mol. The van der Waals surface area contributed by atoms with E-state index in [0.717, 1.165) is 25.8 Å². The molecule has 0 unspecified atom stereocenters. The summed E-state index contributed by atoms with van der Waals surface area (Å²) in [6, 6.07) is 0. The second-order valence-corrected chi connectivity index (χ2v) is 9.06. The highest BCUT2D eigenvalue weighted by Crippen LogP contribution is 2.75. The van der Waals surface area contributed by atoms with E-state index < -0.39 is 5.97 Å². The van der Waals surface area contributed by atoms with Gasteiger partial charge in [0.2, 0.25) is 0 Å². The Bertz CT molecular complexity index is 758. The van der Waals surface area contributed by atoms with Crippen molar-refractivity contribution in [3.63, 3.8) is 0 Å². The molecule has 0 aromatic rings. The molecular weight excluding hydrogens is 354 g/mol. The fourth-order valence-corrected chi connectivity index (χ4v) is 7.19. The number of hydrogen-bond donors (Lipinski definition) is 2. The van der Waals surface area contributed by atoms with Crippen LogP contribution in [0, 0.1) is 28.6 Å². The van der Waals surface area contributed by atoms with Crippen LogP contribution in [0.1, 0.15) is 46.0 Å². The number of carboxylic acid groups (broad SMARTS) is 1. The first-order valence-corrected chi connectivity index (χ1v) is 10.6. The van der Waals surface area contributed by atoms with Gasteiger partial charge in [-0.05, 0) is 50.9 Å². The minimum atomic E-state index is -0.746. The SMILES string of the molecule is CCOC[C@H]1C[C@@]23C(=C1C(=O)O)C[C@@H](CC[C@H]2C)[C@]31CC=CN(C(N)=NC)C1. The van der Waals surface area contributed by atoms with Crippen molar-refractivity contribution in [2.24, 2.45) is 39.3 Å². The summed E-state index contributed by atoms with van der Waals surface area (Å²) in [5, 5.41) is 10.1. The first-order valence-electron chi connectivity index (χ1n) is 10.6. The minimum absolute atomic E-state index is 0.0117. The molecular formula is C22H33N3O3. The molecule has 0 radical (unpaired) electrons. The van der Waals surface area contributed by atoms with Crippen LogP contribution < -0.4 is 5.73 Å². The van der Waals surface area contributed by atoms with E-state index in [4.69, 9.17) is 10.5 Å². The van der Waals surface area contributed by atoms with Crippen LogP contribution >= 0.6 is 0 Å². The number of carboxylic acids is 1. The highest BCUT2D eigenvalue weighted by Gasteiger charge is 2.70. The van der Waals surface area contributed by atoms with Gasteiger partial charge in [0.05, 0.1) is 6.61 Å². The maximum Gasteiger partial charge on any atom is 0.331 e. The molecule has 28 heavy (non-hydrogen) atoms. The summed E-state index contributed by atoms with van der Waals surface area (Å²) in [4.78, 5) is 18.6. The van der Waals surface area contributed by atoms with Crippen LogP contribution in [-0.4, -0.2) is 48.7 Å². The van der Waals surface area contributed by atoms with Crippen LogP contribution in [0.2, 0.25) is 0 Å². The van der Waals surface area contributed by atoms with Crippen molar-refractivity contribution >= 4 is 11.9 Å². The average molecular weight is 388 g/mol. The molecule has 0 aromatic heterocycles. The van der Waals surface area contributed by atoms with Crippen LogP contribution in [0.5, 0.6) is 0 Å². The molecule has 6 nitrogen and oxygen atoms in total. The topological polar surface area (TPSA) is 88.2 Å². The zero-order valence-corrected chi connectivity index (χ0v) is 17.3. The number of hydrogen-bond acceptors (Lipinski definition) is 3. The Hall–Kier alpha value is -1.82. The van der Waals surface area contributed by atoms with Gasteiger partial charge in [0, 0.05) is 48.7 Å². The van der Waals surface area contributed by atoms with E-state index in [2.05, 4.69) is 29.1 Å². The molecule has 6 heteroatoms. The molecule has 5 atom stereocenters. The molecule has 4 aliphatic rings. The molecule has 1 heterocycles. The normalized spacial score (nSPS) is 39.8. The number of allylic oxidation sites excluding steroid dienone is 2. The van der Waals surface area contributed by atoms with Gasteiger partial charge in [-0.15, -0.1) is 0 Å². The van der Waals surface area contributed by atoms with Gasteiger partial charge in [-0.3, -0.25) is 4.99 Å². The number of carbonyl (C=O) groups is 1. The molecule has 1 aliphatic heterocycles. The van der Waals surface area contributed by atoms with Gasteiger partial charge in [-0.2, -0.15) is 0 Å². The zero-order chi connectivity index (χ0) is 20.1. The zero-order valence-electron chi connectivity index (χ0n) is 17.3. The lowest BCUT2D eigenvalue weighted by Crippen LogP contribution is -2.56. The van der Waals surface area contributed by atoms with Crippen molar-refractivity contribution < 1.29 is 14.6 Å². The maximum absolute atomic E-state index is 12.3. The Kier molecular flexibility index (Phi) is 4.81. The number of aliphatic carboxylic acids is 1. The number of aliphatic imine (C=N–C) groups is 1. The molecule has 3 aliphatic carbocycles. The van der Waals surface area contributed by atoms with Crippen molar-refractivity contribution in [3.8, 4) is 0 Å². The predicted molar refractivity (Wildman–Crippen MR) is 109 cm³/mol. The van der Waals surface area contributed by atoms with Gasteiger partial charge in [-0.25, -0.2) is 4.79 Å². The third-order valence-electron chi connectivity index (χ3n) is 8.25. The van der Waals surface area contributed by atoms with Gasteiger partial charge < -0.3 is 20.5 Å². The van der Waals surface area contributed by atoms with Crippen LogP contribution in [0.3, 0.4) is 0 Å². The number of rotatable bonds is 4. The number of guanidine groups is 1. The van der Waals surface area contributed by atoms with E-state index in [1.165, 1.54) is 18.4 Å². The molecule has 0 aromatic carbocycles. The molecule has 0 saturated heterocycles. The van der Waals surface area contributed by atoms with E-state index in [0.29, 0.717) is 36.6 Å². The fourth-order valence-electron chi connectivity index (χ4n) is 7.19. The predicted octanol–water partition coefficient (Wildman–Crippen LogP) is 3.01. The minimum Gasteiger partial charge on any atom is -0.478 e. The van der Waals surface area contributed by atoms with Crippen LogP contribution in [0.25, 0.3) is 0 Å². The van der Waals surface area contributed by atoms with Gasteiger partial charge in [0.1, 0.15) is 0 Å². The summed E-state index contributed by atoms with van der Waals surface area (Å²) in [5.41, 5.74) is 8.03. The van der Waals surface area contributed by atoms with Crippen LogP contribution in [0.15, 0.2) is 28.4 Å². The third-order valence-corrected chi connectivity index (χ3v) is 8.25. The highest BCUT2D eigenvalue weighted by atomic mass is 16.5. The second kappa shape index (κ2) is 6.90. The summed E-state index contributed by atoms with van der Waals surface area (Å²) in [5.74, 6) is 0.762. The fraction of sp³-hybridized carbons (Fsp3) is 0.727. The first-order chi connectivity index (χ1) is 13.4. The van der Waals surface area contributed by atoms with E-state index in [1.54, 1.807) is 7.05 Å². The Morgan fingerprint density at radius 2 is 2.25 bits per heavy atom. The molecule has 2 bridgehead atoms. The van der Waals surface area contributed by atoms with Crippen LogP contribution in [-0.2, 0) is 9.53 Å². The third kappa shape index (κ3) is 2.43. The van der Waals surface area contributed by atoms with Crippen molar-refractivity contribution in [1.82, 2.24) is 4.90 Å². The maximum atomic E-state index is 12.3. The second-order valence-electron chi connectivity index (χ2n) is 9.06. The Labute approximate surface area is 167 Å². The summed E-state index contributed by atoms with van der Waals surface area (Å²) in [6.45, 7) is 6.27. The lowest BCUT2D eigenvalue weighted by atomic mass is 9.49. The van der Waals surface area contributed by atoms with E-state index >= 15 is 0 Å². The number of nitrogens with two attached hydrogens (primary N) is 1. The largest absolute Gasteiger partial charge is 0.478 e. The van der Waals surface area contributed by atoms with Crippen molar-refractivity contribution in [3.05, 3.63) is 23.4 Å². The van der Waals surface area contributed by atoms with E-state index in [-0.39, 0.29) is 16.7 Å². The van der Waals surface area contributed by atoms with Gasteiger partial charge in [0.15, 0.2) is 5.96 Å². The number of ether oxygens (including phenoxy) is 1.